The van der Waals surface area contributed by atoms with Gasteiger partial charge in [0.05, 0.1) is 13.3 Å². The van der Waals surface area contributed by atoms with Crippen LogP contribution in [0, 0.1) is 6.92 Å². The molecule has 1 fully saturated rings. The Balaban J connectivity index is 1.99. The first-order valence-corrected chi connectivity index (χ1v) is 5.70. The maximum absolute atomic E-state index is 12.1. The Morgan fingerprint density at radius 2 is 2.39 bits per heavy atom. The van der Waals surface area contributed by atoms with Crippen LogP contribution in [0.1, 0.15) is 16.2 Å². The summed E-state index contributed by atoms with van der Waals surface area (Å²) in [6.45, 7) is 3.19. The van der Waals surface area contributed by atoms with Gasteiger partial charge in [-0.1, -0.05) is 0 Å². The van der Waals surface area contributed by atoms with E-state index in [9.17, 15) is 9.59 Å². The molecule has 0 aliphatic carbocycles. The molecule has 7 heteroatoms. The first-order chi connectivity index (χ1) is 8.61. The molecule has 0 aromatic carbocycles. The highest BCUT2D eigenvalue weighted by atomic mass is 16.5. The van der Waals surface area contributed by atoms with Gasteiger partial charge in [-0.2, -0.15) is 5.10 Å². The molecule has 2 rings (SSSR count). The quantitative estimate of drug-likeness (QED) is 0.791. The fraction of sp³-hybridized carbons (Fsp3) is 0.545. The lowest BCUT2D eigenvalue weighted by Crippen LogP contribution is -2.33. The lowest BCUT2D eigenvalue weighted by Gasteiger charge is -2.16. The first kappa shape index (κ1) is 12.6. The zero-order valence-corrected chi connectivity index (χ0v) is 10.5. The molecule has 2 heterocycles. The van der Waals surface area contributed by atoms with Crippen LogP contribution in [0.3, 0.4) is 0 Å². The van der Waals surface area contributed by atoms with E-state index >= 15 is 0 Å². The minimum absolute atomic E-state index is 0.0624. The van der Waals surface area contributed by atoms with E-state index in [4.69, 9.17) is 4.74 Å². The molecular weight excluding hydrogens is 236 g/mol. The van der Waals surface area contributed by atoms with Gasteiger partial charge in [0.1, 0.15) is 12.2 Å². The van der Waals surface area contributed by atoms with Crippen molar-refractivity contribution >= 4 is 11.8 Å². The average molecular weight is 252 g/mol. The van der Waals surface area contributed by atoms with Crippen molar-refractivity contribution in [3.8, 4) is 0 Å². The molecular formula is C11H16N4O3. The number of aromatic nitrogens is 2. The van der Waals surface area contributed by atoms with Gasteiger partial charge < -0.3 is 14.5 Å². The van der Waals surface area contributed by atoms with Crippen molar-refractivity contribution in [3.63, 3.8) is 0 Å². The standard InChI is InChI=1S/C11H16N4O3/c1-8-5-9(13-12-8)11(17)15-6-10(16)14(7-15)3-4-18-2/h5H,3-4,6-7H2,1-2H3,(H,12,13). The Labute approximate surface area is 105 Å². The molecule has 0 radical (unpaired) electrons. The molecule has 1 N–H and O–H groups in total. The second-order valence-corrected chi connectivity index (χ2v) is 4.23. The van der Waals surface area contributed by atoms with E-state index in [0.29, 0.717) is 25.5 Å². The van der Waals surface area contributed by atoms with Crippen molar-refractivity contribution in [2.75, 3.05) is 33.5 Å². The lowest BCUT2D eigenvalue weighted by molar-refractivity contribution is -0.127. The third kappa shape index (κ3) is 2.51. The summed E-state index contributed by atoms with van der Waals surface area (Å²) in [6.07, 6.45) is 0. The second kappa shape index (κ2) is 5.18. The van der Waals surface area contributed by atoms with E-state index in [-0.39, 0.29) is 18.4 Å². The predicted octanol–water partition coefficient (Wildman–Crippen LogP) is -0.394. The molecule has 2 amide bonds. The number of hydrogen-bond acceptors (Lipinski definition) is 4. The number of methoxy groups -OCH3 is 1. The summed E-state index contributed by atoms with van der Waals surface area (Å²) in [5.41, 5.74) is 1.16. The van der Waals surface area contributed by atoms with E-state index in [1.807, 2.05) is 6.92 Å². The fourth-order valence-corrected chi connectivity index (χ4v) is 1.82. The summed E-state index contributed by atoms with van der Waals surface area (Å²) in [5, 5.41) is 6.62. The van der Waals surface area contributed by atoms with E-state index < -0.39 is 0 Å². The highest BCUT2D eigenvalue weighted by Crippen LogP contribution is 2.11. The van der Waals surface area contributed by atoms with Crippen molar-refractivity contribution in [3.05, 3.63) is 17.5 Å². The van der Waals surface area contributed by atoms with Gasteiger partial charge in [0.2, 0.25) is 5.91 Å². The summed E-state index contributed by atoms with van der Waals surface area (Å²) in [5.74, 6) is -0.291. The molecule has 0 unspecified atom stereocenters. The molecule has 1 aromatic heterocycles. The van der Waals surface area contributed by atoms with E-state index in [1.54, 1.807) is 18.1 Å². The minimum atomic E-state index is -0.229. The van der Waals surface area contributed by atoms with Crippen molar-refractivity contribution in [2.24, 2.45) is 0 Å². The van der Waals surface area contributed by atoms with Crippen LogP contribution in [0.2, 0.25) is 0 Å². The smallest absolute Gasteiger partial charge is 0.276 e. The van der Waals surface area contributed by atoms with E-state index in [0.717, 1.165) is 5.69 Å². The maximum atomic E-state index is 12.1. The molecule has 0 saturated carbocycles. The second-order valence-electron chi connectivity index (χ2n) is 4.23. The van der Waals surface area contributed by atoms with Crippen molar-refractivity contribution in [1.82, 2.24) is 20.0 Å². The molecule has 0 bridgehead atoms. The number of amides is 2. The van der Waals surface area contributed by atoms with Crippen LogP contribution in [0.5, 0.6) is 0 Å². The van der Waals surface area contributed by atoms with Gasteiger partial charge in [-0.25, -0.2) is 0 Å². The van der Waals surface area contributed by atoms with Gasteiger partial charge in [0.25, 0.3) is 5.91 Å². The Kier molecular flexibility index (Phi) is 3.61. The number of aromatic amines is 1. The van der Waals surface area contributed by atoms with E-state index in [2.05, 4.69) is 10.2 Å². The molecule has 1 saturated heterocycles. The average Bonchev–Trinajstić information content (AvgIpc) is 2.92. The summed E-state index contributed by atoms with van der Waals surface area (Å²) in [4.78, 5) is 26.8. The van der Waals surface area contributed by atoms with Crippen LogP contribution >= 0.6 is 0 Å². The molecule has 18 heavy (non-hydrogen) atoms. The topological polar surface area (TPSA) is 78.5 Å². The van der Waals surface area contributed by atoms with Gasteiger partial charge in [0, 0.05) is 19.3 Å². The summed E-state index contributed by atoms with van der Waals surface area (Å²) < 4.78 is 4.92. The SMILES string of the molecule is COCCN1CN(C(=O)c2cc(C)[nH]n2)CC1=O. The van der Waals surface area contributed by atoms with Gasteiger partial charge in [-0.15, -0.1) is 0 Å². The van der Waals surface area contributed by atoms with Crippen LogP contribution in [0.4, 0.5) is 0 Å². The molecule has 0 spiro atoms. The van der Waals surface area contributed by atoms with Crippen molar-refractivity contribution in [2.45, 2.75) is 6.92 Å². The van der Waals surface area contributed by atoms with Gasteiger partial charge >= 0.3 is 0 Å². The van der Waals surface area contributed by atoms with E-state index in [1.165, 1.54) is 4.90 Å². The third-order valence-corrected chi connectivity index (χ3v) is 2.80. The highest BCUT2D eigenvalue weighted by molar-refractivity contribution is 5.96. The van der Waals surface area contributed by atoms with Crippen LogP contribution in [0.15, 0.2) is 6.07 Å². The van der Waals surface area contributed by atoms with Crippen LogP contribution in [-0.4, -0.2) is 65.3 Å². The zero-order chi connectivity index (χ0) is 13.1. The number of hydrogen-bond donors (Lipinski definition) is 1. The van der Waals surface area contributed by atoms with Crippen molar-refractivity contribution in [1.29, 1.82) is 0 Å². The molecule has 7 nitrogen and oxygen atoms in total. The molecule has 0 atom stereocenters. The third-order valence-electron chi connectivity index (χ3n) is 2.80. The predicted molar refractivity (Wildman–Crippen MR) is 62.8 cm³/mol. The number of H-pyrrole nitrogens is 1. The summed E-state index contributed by atoms with van der Waals surface area (Å²) in [6, 6.07) is 1.67. The number of carbonyl (C=O) groups excluding carboxylic acids is 2. The first-order valence-electron chi connectivity index (χ1n) is 5.70. The number of ether oxygens (including phenoxy) is 1. The maximum Gasteiger partial charge on any atom is 0.276 e. The monoisotopic (exact) mass is 252 g/mol. The Bertz CT molecular complexity index is 457. The number of nitrogens with one attached hydrogen (secondary N) is 1. The number of aryl methyl sites for hydroxylation is 1. The number of carbonyl (C=O) groups is 2. The largest absolute Gasteiger partial charge is 0.383 e. The molecule has 98 valence electrons. The fourth-order valence-electron chi connectivity index (χ4n) is 1.82. The molecule has 1 aliphatic heterocycles. The van der Waals surface area contributed by atoms with Gasteiger partial charge in [-0.05, 0) is 13.0 Å². The molecule has 1 aromatic rings. The summed E-state index contributed by atoms with van der Waals surface area (Å²) >= 11 is 0. The minimum Gasteiger partial charge on any atom is -0.383 e. The number of nitrogens with zero attached hydrogens (tertiary/aromatic N) is 3. The van der Waals surface area contributed by atoms with Crippen LogP contribution < -0.4 is 0 Å². The molecule has 1 aliphatic rings. The van der Waals surface area contributed by atoms with Crippen LogP contribution in [0.25, 0.3) is 0 Å². The zero-order valence-electron chi connectivity index (χ0n) is 10.5. The summed E-state index contributed by atoms with van der Waals surface area (Å²) in [7, 11) is 1.58. The van der Waals surface area contributed by atoms with Gasteiger partial charge in [0.15, 0.2) is 0 Å². The Morgan fingerprint density at radius 3 is 3.00 bits per heavy atom. The lowest BCUT2D eigenvalue weighted by atomic mass is 10.3. The number of rotatable bonds is 4. The normalized spacial score (nSPS) is 15.6. The van der Waals surface area contributed by atoms with Gasteiger partial charge in [-0.3, -0.25) is 14.7 Å². The Hall–Kier alpha value is -1.89. The highest BCUT2D eigenvalue weighted by Gasteiger charge is 2.31. The van der Waals surface area contributed by atoms with Crippen LogP contribution in [-0.2, 0) is 9.53 Å². The van der Waals surface area contributed by atoms with Crippen molar-refractivity contribution < 1.29 is 14.3 Å². The Morgan fingerprint density at radius 1 is 1.61 bits per heavy atom.